The van der Waals surface area contributed by atoms with Crippen molar-refractivity contribution >= 4 is 33.5 Å². The van der Waals surface area contributed by atoms with E-state index in [0.29, 0.717) is 11.6 Å². The molecule has 0 aliphatic carbocycles. The highest BCUT2D eigenvalue weighted by molar-refractivity contribution is 6.35. The molecule has 5 heteroatoms. The van der Waals surface area contributed by atoms with Crippen LogP contribution < -0.4 is 0 Å². The van der Waals surface area contributed by atoms with Crippen molar-refractivity contribution < 1.29 is 4.74 Å². The SMILES string of the molecule is COCc1ccc2[nH]cc(-c3cc4c(Cl)ccnc4[nH]3)c2c1. The first-order valence-corrected chi connectivity index (χ1v) is 7.36. The van der Waals surface area contributed by atoms with Crippen LogP contribution >= 0.6 is 11.6 Å². The maximum absolute atomic E-state index is 6.23. The number of aromatic nitrogens is 3. The Labute approximate surface area is 132 Å². The second-order valence-corrected chi connectivity index (χ2v) is 5.66. The fourth-order valence-corrected chi connectivity index (χ4v) is 2.99. The summed E-state index contributed by atoms with van der Waals surface area (Å²) in [4.78, 5) is 11.0. The predicted octanol–water partition coefficient (Wildman–Crippen LogP) is 4.51. The number of methoxy groups -OCH3 is 1. The average molecular weight is 312 g/mol. The van der Waals surface area contributed by atoms with Crippen LogP contribution in [-0.2, 0) is 11.3 Å². The molecule has 0 amide bonds. The van der Waals surface area contributed by atoms with E-state index in [4.69, 9.17) is 16.3 Å². The van der Waals surface area contributed by atoms with Gasteiger partial charge in [-0.05, 0) is 29.8 Å². The lowest BCUT2D eigenvalue weighted by Gasteiger charge is -2.01. The fraction of sp³-hybridized carbons (Fsp3) is 0.118. The average Bonchev–Trinajstić information content (AvgIpc) is 3.11. The van der Waals surface area contributed by atoms with Gasteiger partial charge in [-0.2, -0.15) is 0 Å². The van der Waals surface area contributed by atoms with Crippen LogP contribution in [0.15, 0.2) is 42.7 Å². The van der Waals surface area contributed by atoms with Crippen molar-refractivity contribution in [3.63, 3.8) is 0 Å². The summed E-state index contributed by atoms with van der Waals surface area (Å²) >= 11 is 6.23. The zero-order chi connectivity index (χ0) is 15.1. The van der Waals surface area contributed by atoms with Crippen LogP contribution in [0.3, 0.4) is 0 Å². The molecule has 1 aromatic carbocycles. The highest BCUT2D eigenvalue weighted by atomic mass is 35.5. The molecule has 0 saturated heterocycles. The van der Waals surface area contributed by atoms with Crippen LogP contribution in [0, 0.1) is 0 Å². The van der Waals surface area contributed by atoms with Gasteiger partial charge < -0.3 is 14.7 Å². The molecule has 110 valence electrons. The number of H-pyrrole nitrogens is 2. The van der Waals surface area contributed by atoms with Crippen LogP contribution in [0.4, 0.5) is 0 Å². The molecule has 3 aromatic heterocycles. The van der Waals surface area contributed by atoms with Gasteiger partial charge in [-0.15, -0.1) is 0 Å². The van der Waals surface area contributed by atoms with Gasteiger partial charge in [0, 0.05) is 47.1 Å². The van der Waals surface area contributed by atoms with Crippen molar-refractivity contribution in [2.45, 2.75) is 6.61 Å². The Morgan fingerprint density at radius 2 is 2.09 bits per heavy atom. The van der Waals surface area contributed by atoms with Gasteiger partial charge in [0.25, 0.3) is 0 Å². The number of ether oxygens (including phenoxy) is 1. The summed E-state index contributed by atoms with van der Waals surface area (Å²) in [5, 5.41) is 2.78. The van der Waals surface area contributed by atoms with Gasteiger partial charge in [-0.3, -0.25) is 0 Å². The maximum Gasteiger partial charge on any atom is 0.139 e. The van der Waals surface area contributed by atoms with E-state index in [1.165, 1.54) is 0 Å². The lowest BCUT2D eigenvalue weighted by atomic mass is 10.1. The standard InChI is InChI=1S/C17H14ClN3O/c1-22-9-10-2-3-15-11(6-10)13(8-20-15)16-7-12-14(18)4-5-19-17(12)21-16/h2-8,20H,9H2,1H3,(H,19,21). The van der Waals surface area contributed by atoms with E-state index in [0.717, 1.165) is 38.8 Å². The number of hydrogen-bond donors (Lipinski definition) is 2. The Balaban J connectivity index is 1.91. The summed E-state index contributed by atoms with van der Waals surface area (Å²) in [6.45, 7) is 0.598. The number of nitrogens with zero attached hydrogens (tertiary/aromatic N) is 1. The normalized spacial score (nSPS) is 11.5. The molecule has 0 radical (unpaired) electrons. The molecule has 22 heavy (non-hydrogen) atoms. The van der Waals surface area contributed by atoms with Crippen molar-refractivity contribution in [3.05, 3.63) is 53.3 Å². The predicted molar refractivity (Wildman–Crippen MR) is 89.1 cm³/mol. The molecule has 4 aromatic rings. The zero-order valence-electron chi connectivity index (χ0n) is 12.0. The molecule has 0 spiro atoms. The largest absolute Gasteiger partial charge is 0.380 e. The third-order valence-corrected chi connectivity index (χ3v) is 4.16. The third kappa shape index (κ3) is 2.08. The van der Waals surface area contributed by atoms with Gasteiger partial charge in [-0.25, -0.2) is 4.98 Å². The number of pyridine rings is 1. The minimum absolute atomic E-state index is 0.598. The minimum atomic E-state index is 0.598. The highest BCUT2D eigenvalue weighted by Crippen LogP contribution is 2.32. The lowest BCUT2D eigenvalue weighted by Crippen LogP contribution is -1.86. The molecule has 0 fully saturated rings. The molecule has 3 heterocycles. The first kappa shape index (κ1) is 13.4. The van der Waals surface area contributed by atoms with Crippen molar-refractivity contribution in [1.29, 1.82) is 0 Å². The molecule has 0 unspecified atom stereocenters. The maximum atomic E-state index is 6.23. The Morgan fingerprint density at radius 3 is 2.91 bits per heavy atom. The first-order valence-electron chi connectivity index (χ1n) is 6.99. The third-order valence-electron chi connectivity index (χ3n) is 3.83. The van der Waals surface area contributed by atoms with E-state index < -0.39 is 0 Å². The van der Waals surface area contributed by atoms with E-state index in [1.54, 1.807) is 19.4 Å². The first-order chi connectivity index (χ1) is 10.8. The molecule has 2 N–H and O–H groups in total. The van der Waals surface area contributed by atoms with E-state index in [1.807, 2.05) is 12.3 Å². The van der Waals surface area contributed by atoms with Crippen LogP contribution in [-0.4, -0.2) is 22.1 Å². The summed E-state index contributed by atoms with van der Waals surface area (Å²) in [5.41, 5.74) is 5.12. The number of nitrogens with one attached hydrogen (secondary N) is 2. The number of aromatic amines is 2. The topological polar surface area (TPSA) is 53.7 Å². The van der Waals surface area contributed by atoms with E-state index in [9.17, 15) is 0 Å². The fourth-order valence-electron chi connectivity index (χ4n) is 2.79. The van der Waals surface area contributed by atoms with E-state index in [2.05, 4.69) is 33.2 Å². The van der Waals surface area contributed by atoms with Gasteiger partial charge in [0.2, 0.25) is 0 Å². The molecule has 0 atom stereocenters. The second kappa shape index (κ2) is 5.16. The second-order valence-electron chi connectivity index (χ2n) is 5.25. The van der Waals surface area contributed by atoms with Gasteiger partial charge >= 0.3 is 0 Å². The number of rotatable bonds is 3. The van der Waals surface area contributed by atoms with Gasteiger partial charge in [-0.1, -0.05) is 17.7 Å². The summed E-state index contributed by atoms with van der Waals surface area (Å²) < 4.78 is 5.22. The van der Waals surface area contributed by atoms with E-state index >= 15 is 0 Å². The summed E-state index contributed by atoms with van der Waals surface area (Å²) in [7, 11) is 1.70. The van der Waals surface area contributed by atoms with Gasteiger partial charge in [0.05, 0.1) is 11.6 Å². The Bertz CT molecular complexity index is 971. The monoisotopic (exact) mass is 311 g/mol. The van der Waals surface area contributed by atoms with Crippen LogP contribution in [0.1, 0.15) is 5.56 Å². The van der Waals surface area contributed by atoms with Crippen LogP contribution in [0.25, 0.3) is 33.2 Å². The molecular weight excluding hydrogens is 298 g/mol. The lowest BCUT2D eigenvalue weighted by molar-refractivity contribution is 0.185. The van der Waals surface area contributed by atoms with Crippen LogP contribution in [0.2, 0.25) is 5.02 Å². The molecule has 4 nitrogen and oxygen atoms in total. The summed E-state index contributed by atoms with van der Waals surface area (Å²) in [6, 6.07) is 10.1. The number of halogens is 1. The summed E-state index contributed by atoms with van der Waals surface area (Å²) in [5.74, 6) is 0. The molecule has 0 bridgehead atoms. The molecular formula is C17H14ClN3O. The summed E-state index contributed by atoms with van der Waals surface area (Å²) in [6.07, 6.45) is 3.71. The van der Waals surface area contributed by atoms with E-state index in [-0.39, 0.29) is 0 Å². The van der Waals surface area contributed by atoms with Crippen molar-refractivity contribution in [2.24, 2.45) is 0 Å². The Hall–Kier alpha value is -2.30. The smallest absolute Gasteiger partial charge is 0.139 e. The quantitative estimate of drug-likeness (QED) is 0.585. The number of hydrogen-bond acceptors (Lipinski definition) is 2. The molecule has 4 rings (SSSR count). The Morgan fingerprint density at radius 1 is 1.18 bits per heavy atom. The Kier molecular flexibility index (Phi) is 3.13. The highest BCUT2D eigenvalue weighted by Gasteiger charge is 2.11. The van der Waals surface area contributed by atoms with Crippen molar-refractivity contribution in [3.8, 4) is 11.3 Å². The molecule has 0 aliphatic heterocycles. The van der Waals surface area contributed by atoms with Gasteiger partial charge in [0.1, 0.15) is 5.65 Å². The molecule has 0 aliphatic rings. The minimum Gasteiger partial charge on any atom is -0.380 e. The number of benzene rings is 1. The molecule has 0 saturated carbocycles. The zero-order valence-corrected chi connectivity index (χ0v) is 12.7. The van der Waals surface area contributed by atoms with Crippen LogP contribution in [0.5, 0.6) is 0 Å². The van der Waals surface area contributed by atoms with Crippen molar-refractivity contribution in [1.82, 2.24) is 15.0 Å². The number of fused-ring (bicyclic) bond motifs is 2. The van der Waals surface area contributed by atoms with Gasteiger partial charge in [0.15, 0.2) is 0 Å². The van der Waals surface area contributed by atoms with Crippen molar-refractivity contribution in [2.75, 3.05) is 7.11 Å².